The molecule has 0 bridgehead atoms. The molecule has 1 saturated heterocycles. The summed E-state index contributed by atoms with van der Waals surface area (Å²) in [7, 11) is 0. The van der Waals surface area contributed by atoms with Gasteiger partial charge in [-0.1, -0.05) is 54.6 Å². The Morgan fingerprint density at radius 2 is 1.77 bits per heavy atom. The van der Waals surface area contributed by atoms with Gasteiger partial charge in [0.1, 0.15) is 11.4 Å². The fourth-order valence-electron chi connectivity index (χ4n) is 3.74. The number of carbonyl (C=O) groups excluding carboxylic acids is 2. The number of hydrogen-bond donors (Lipinski definition) is 2. The molecule has 1 aliphatic rings. The number of nitrogens with one attached hydrogen (secondary N) is 1. The maximum absolute atomic E-state index is 13.6. The predicted molar refractivity (Wildman–Crippen MR) is 114 cm³/mol. The third-order valence-electron chi connectivity index (χ3n) is 5.52. The number of carbonyl (C=O) groups is 2. The largest absolute Gasteiger partial charge is 0.389 e. The van der Waals surface area contributed by atoms with Crippen molar-refractivity contribution in [1.82, 2.24) is 10.2 Å². The summed E-state index contributed by atoms with van der Waals surface area (Å²) in [4.78, 5) is 26.6. The Morgan fingerprint density at radius 1 is 1.06 bits per heavy atom. The van der Waals surface area contributed by atoms with Gasteiger partial charge >= 0.3 is 6.03 Å². The summed E-state index contributed by atoms with van der Waals surface area (Å²) in [5.41, 5.74) is -0.194. The van der Waals surface area contributed by atoms with Crippen LogP contribution >= 0.6 is 0 Å². The number of amides is 3. The van der Waals surface area contributed by atoms with Crippen molar-refractivity contribution < 1.29 is 23.8 Å². The second-order valence-corrected chi connectivity index (χ2v) is 7.79. The number of fused-ring (bicyclic) bond motifs is 1. The number of ether oxygens (including phenoxy) is 1. The highest BCUT2D eigenvalue weighted by Gasteiger charge is 2.49. The van der Waals surface area contributed by atoms with E-state index in [0.29, 0.717) is 11.1 Å². The summed E-state index contributed by atoms with van der Waals surface area (Å²) in [5.74, 6) is -0.835. The molecule has 1 heterocycles. The molecule has 0 aliphatic carbocycles. The maximum Gasteiger partial charge on any atom is 0.325 e. The zero-order valence-corrected chi connectivity index (χ0v) is 17.0. The first-order chi connectivity index (χ1) is 14.9. The SMILES string of the molecule is C[C@@]1(c2ccc3ccccc3c2)NC(=O)N(C[C@@H](O)COCc2ccccc2F)C1=O. The van der Waals surface area contributed by atoms with Crippen molar-refractivity contribution in [3.05, 3.63) is 83.7 Å². The van der Waals surface area contributed by atoms with E-state index in [1.54, 1.807) is 25.1 Å². The summed E-state index contributed by atoms with van der Waals surface area (Å²) in [6.07, 6.45) is -1.10. The first-order valence-electron chi connectivity index (χ1n) is 10.0. The summed E-state index contributed by atoms with van der Waals surface area (Å²) in [5, 5.41) is 15.0. The Kier molecular flexibility index (Phi) is 5.71. The first-order valence-corrected chi connectivity index (χ1v) is 10.0. The van der Waals surface area contributed by atoms with Gasteiger partial charge in [0.2, 0.25) is 0 Å². The Balaban J connectivity index is 1.41. The molecule has 0 saturated carbocycles. The quantitative estimate of drug-likeness (QED) is 0.573. The van der Waals surface area contributed by atoms with Gasteiger partial charge < -0.3 is 15.2 Å². The average Bonchev–Trinajstić information content (AvgIpc) is 2.98. The molecular weight excluding hydrogens is 399 g/mol. The number of aliphatic hydroxyl groups is 1. The van der Waals surface area contributed by atoms with Crippen molar-refractivity contribution >= 4 is 22.7 Å². The minimum absolute atomic E-state index is 0.0152. The van der Waals surface area contributed by atoms with E-state index in [9.17, 15) is 19.1 Å². The number of aliphatic hydroxyl groups excluding tert-OH is 1. The Labute approximate surface area is 179 Å². The summed E-state index contributed by atoms with van der Waals surface area (Å²) >= 11 is 0. The molecule has 3 aromatic rings. The van der Waals surface area contributed by atoms with Crippen molar-refractivity contribution in [2.75, 3.05) is 13.2 Å². The van der Waals surface area contributed by atoms with E-state index in [2.05, 4.69) is 5.32 Å². The smallest absolute Gasteiger partial charge is 0.325 e. The van der Waals surface area contributed by atoms with Gasteiger partial charge in [0.25, 0.3) is 5.91 Å². The van der Waals surface area contributed by atoms with Gasteiger partial charge in [-0.3, -0.25) is 9.69 Å². The van der Waals surface area contributed by atoms with Gasteiger partial charge in [-0.25, -0.2) is 9.18 Å². The minimum atomic E-state index is -1.23. The third-order valence-corrected chi connectivity index (χ3v) is 5.52. The molecular formula is C24H23FN2O4. The number of benzene rings is 3. The fourth-order valence-corrected chi connectivity index (χ4v) is 3.74. The summed E-state index contributed by atoms with van der Waals surface area (Å²) < 4.78 is 19.0. The highest BCUT2D eigenvalue weighted by atomic mass is 19.1. The van der Waals surface area contributed by atoms with E-state index < -0.39 is 29.4 Å². The molecule has 0 radical (unpaired) electrons. The predicted octanol–water partition coefficient (Wildman–Crippen LogP) is 3.32. The third kappa shape index (κ3) is 4.15. The van der Waals surface area contributed by atoms with E-state index >= 15 is 0 Å². The molecule has 31 heavy (non-hydrogen) atoms. The Morgan fingerprint density at radius 3 is 2.55 bits per heavy atom. The molecule has 4 rings (SSSR count). The normalized spacial score (nSPS) is 19.6. The highest BCUT2D eigenvalue weighted by Crippen LogP contribution is 2.31. The maximum atomic E-state index is 13.6. The lowest BCUT2D eigenvalue weighted by Crippen LogP contribution is -2.42. The molecule has 3 aromatic carbocycles. The van der Waals surface area contributed by atoms with Crippen LogP contribution in [0.3, 0.4) is 0 Å². The van der Waals surface area contributed by atoms with Crippen molar-refractivity contribution in [3.63, 3.8) is 0 Å². The molecule has 0 aromatic heterocycles. The highest BCUT2D eigenvalue weighted by molar-refractivity contribution is 6.07. The van der Waals surface area contributed by atoms with Gasteiger partial charge in [0.15, 0.2) is 0 Å². The number of rotatable bonds is 7. The van der Waals surface area contributed by atoms with E-state index in [4.69, 9.17) is 4.74 Å². The average molecular weight is 422 g/mol. The first kappa shape index (κ1) is 21.0. The van der Waals surface area contributed by atoms with E-state index in [1.165, 1.54) is 6.07 Å². The number of halogens is 1. The lowest BCUT2D eigenvalue weighted by Gasteiger charge is -2.23. The van der Waals surface area contributed by atoms with Crippen molar-refractivity contribution in [3.8, 4) is 0 Å². The van der Waals surface area contributed by atoms with Crippen LogP contribution in [0.5, 0.6) is 0 Å². The Bertz CT molecular complexity index is 1140. The van der Waals surface area contributed by atoms with Crippen LogP contribution in [0.15, 0.2) is 66.7 Å². The molecule has 2 atom stereocenters. The van der Waals surface area contributed by atoms with E-state index in [1.807, 2.05) is 42.5 Å². The number of nitrogens with zero attached hydrogens (tertiary/aromatic N) is 1. The number of imide groups is 1. The van der Waals surface area contributed by atoms with Crippen LogP contribution in [0, 0.1) is 5.82 Å². The second kappa shape index (κ2) is 8.45. The van der Waals surface area contributed by atoms with Crippen molar-refractivity contribution in [2.24, 2.45) is 0 Å². The van der Waals surface area contributed by atoms with Crippen LogP contribution in [-0.2, 0) is 21.7 Å². The van der Waals surface area contributed by atoms with Gasteiger partial charge in [-0.15, -0.1) is 0 Å². The van der Waals surface area contributed by atoms with Crippen LogP contribution in [0.4, 0.5) is 9.18 Å². The van der Waals surface area contributed by atoms with Gasteiger partial charge in [-0.05, 0) is 35.4 Å². The monoisotopic (exact) mass is 422 g/mol. The van der Waals surface area contributed by atoms with Crippen molar-refractivity contribution in [1.29, 1.82) is 0 Å². The molecule has 0 unspecified atom stereocenters. The van der Waals surface area contributed by atoms with Crippen LogP contribution in [0.1, 0.15) is 18.1 Å². The van der Waals surface area contributed by atoms with Gasteiger partial charge in [0, 0.05) is 5.56 Å². The molecule has 7 heteroatoms. The molecule has 1 fully saturated rings. The molecule has 2 N–H and O–H groups in total. The van der Waals surface area contributed by atoms with Crippen LogP contribution in [-0.4, -0.2) is 41.2 Å². The van der Waals surface area contributed by atoms with Crippen molar-refractivity contribution in [2.45, 2.75) is 25.2 Å². The number of hydrogen-bond acceptors (Lipinski definition) is 4. The summed E-state index contributed by atoms with van der Waals surface area (Å²) in [6.45, 7) is 1.28. The lowest BCUT2D eigenvalue weighted by molar-refractivity contribution is -0.132. The molecule has 0 spiro atoms. The second-order valence-electron chi connectivity index (χ2n) is 7.79. The van der Waals surface area contributed by atoms with Crippen LogP contribution in [0.2, 0.25) is 0 Å². The number of β-amino-alcohol motifs (C(OH)–C–C–N with tert-alkyl or cyclic N) is 1. The molecule has 160 valence electrons. The lowest BCUT2D eigenvalue weighted by atomic mass is 9.90. The zero-order valence-electron chi connectivity index (χ0n) is 17.0. The van der Waals surface area contributed by atoms with Crippen LogP contribution in [0.25, 0.3) is 10.8 Å². The molecule has 1 aliphatic heterocycles. The minimum Gasteiger partial charge on any atom is -0.389 e. The molecule has 6 nitrogen and oxygen atoms in total. The number of urea groups is 1. The summed E-state index contributed by atoms with van der Waals surface area (Å²) in [6, 6.07) is 19.0. The van der Waals surface area contributed by atoms with E-state index in [0.717, 1.165) is 15.7 Å². The van der Waals surface area contributed by atoms with E-state index in [-0.39, 0.29) is 19.8 Å². The van der Waals surface area contributed by atoms with Crippen LogP contribution < -0.4 is 5.32 Å². The van der Waals surface area contributed by atoms with Gasteiger partial charge in [0.05, 0.1) is 25.9 Å². The van der Waals surface area contributed by atoms with Gasteiger partial charge in [-0.2, -0.15) is 0 Å². The standard InChI is InChI=1S/C24H23FN2O4/c1-24(19-11-10-16-6-2-3-7-17(16)12-19)22(29)27(23(30)26-24)13-20(28)15-31-14-18-8-4-5-9-21(18)25/h2-12,20,28H,13-15H2,1H3,(H,26,30)/t20-,24+/m1/s1. The zero-order chi connectivity index (χ0) is 22.0. The fraction of sp³-hybridized carbons (Fsp3) is 0.250. The molecule has 3 amide bonds. The Hall–Kier alpha value is -3.29. The topological polar surface area (TPSA) is 78.9 Å².